The number of rotatable bonds is 5. The van der Waals surface area contributed by atoms with E-state index in [9.17, 15) is 0 Å². The van der Waals surface area contributed by atoms with Gasteiger partial charge in [0.25, 0.3) is 0 Å². The van der Waals surface area contributed by atoms with E-state index in [2.05, 4.69) is 45.2 Å². The standard InChI is InChI=1S/C21H19AsClN4O.2ClH/c1-14-11-16(5-6-19(14)28-17-4-2-3-15(23)12-17)27(10-8-24)9-7-18-20(27)21(22)26-13-25-18;;/h2-7,9,11-13H,8,10,24H2,1H3;2*1H/q+1;;. The fraction of sp³-hybridized carbons (Fsp3) is 0.143. The molecule has 2 aromatic carbocycles. The van der Waals surface area contributed by atoms with E-state index in [1.54, 1.807) is 12.4 Å². The van der Waals surface area contributed by atoms with Crippen LogP contribution in [0.5, 0.6) is 11.5 Å². The van der Waals surface area contributed by atoms with Crippen LogP contribution >= 0.6 is 36.4 Å². The van der Waals surface area contributed by atoms with Gasteiger partial charge in [0.1, 0.15) is 0 Å². The van der Waals surface area contributed by atoms with E-state index >= 15 is 0 Å². The van der Waals surface area contributed by atoms with Crippen molar-refractivity contribution >= 4 is 75.2 Å². The third kappa shape index (κ3) is 4.52. The first-order chi connectivity index (χ1) is 13.5. The first kappa shape index (κ1) is 24.7. The molecule has 2 N–H and O–H groups in total. The van der Waals surface area contributed by atoms with Gasteiger partial charge >= 0.3 is 178 Å². The van der Waals surface area contributed by atoms with E-state index in [0.29, 0.717) is 21.8 Å². The van der Waals surface area contributed by atoms with Crippen LogP contribution in [-0.2, 0) is 0 Å². The molecule has 1 atom stereocenters. The van der Waals surface area contributed by atoms with Crippen molar-refractivity contribution in [3.05, 3.63) is 71.3 Å². The molecule has 0 spiro atoms. The molecule has 0 fully saturated rings. The summed E-state index contributed by atoms with van der Waals surface area (Å²) >= 11 is 8.60. The summed E-state index contributed by atoms with van der Waals surface area (Å²) in [5.41, 5.74) is 10.1. The number of nitrogens with two attached hydrogens (primary N) is 1. The Bertz CT molecular complexity index is 1080. The van der Waals surface area contributed by atoms with Gasteiger partial charge in [-0.25, -0.2) is 0 Å². The maximum absolute atomic E-state index is 6.06. The molecule has 1 aromatic heterocycles. The van der Waals surface area contributed by atoms with Crippen molar-refractivity contribution in [3.63, 3.8) is 0 Å². The number of quaternary nitrogens is 1. The fourth-order valence-electron chi connectivity index (χ4n) is 3.55. The zero-order valence-electron chi connectivity index (χ0n) is 16.2. The summed E-state index contributed by atoms with van der Waals surface area (Å²) in [5, 5.41) is 0.645. The molecule has 5 nitrogen and oxygen atoms in total. The van der Waals surface area contributed by atoms with Crippen LogP contribution in [0.1, 0.15) is 11.3 Å². The maximum atomic E-state index is 6.06. The van der Waals surface area contributed by atoms with Gasteiger partial charge in [-0.1, -0.05) is 0 Å². The van der Waals surface area contributed by atoms with Gasteiger partial charge in [0.2, 0.25) is 0 Å². The van der Waals surface area contributed by atoms with E-state index in [-0.39, 0.29) is 24.8 Å². The second kappa shape index (κ2) is 10.1. The molecule has 156 valence electrons. The normalized spacial score (nSPS) is 16.4. The fourth-order valence-corrected chi connectivity index (χ4v) is 4.45. The van der Waals surface area contributed by atoms with E-state index in [1.165, 1.54) is 0 Å². The average Bonchev–Trinajstić information content (AvgIpc) is 3.05. The van der Waals surface area contributed by atoms with Gasteiger partial charge in [-0.05, 0) is 0 Å². The van der Waals surface area contributed by atoms with Gasteiger partial charge in [0.05, 0.1) is 0 Å². The van der Waals surface area contributed by atoms with Gasteiger partial charge in [0.15, 0.2) is 0 Å². The summed E-state index contributed by atoms with van der Waals surface area (Å²) < 4.78 is 7.42. The van der Waals surface area contributed by atoms with Crippen LogP contribution in [-0.4, -0.2) is 39.9 Å². The van der Waals surface area contributed by atoms with E-state index < -0.39 is 0 Å². The molecular weight excluding hydrogens is 506 g/mol. The van der Waals surface area contributed by atoms with Crippen molar-refractivity contribution in [2.75, 3.05) is 13.1 Å². The first-order valence-electron chi connectivity index (χ1n) is 8.90. The van der Waals surface area contributed by atoms with Crippen LogP contribution < -0.4 is 19.4 Å². The number of halogens is 3. The zero-order chi connectivity index (χ0) is 19.7. The molecule has 4 rings (SSSR count). The van der Waals surface area contributed by atoms with Crippen molar-refractivity contribution < 1.29 is 4.74 Å². The van der Waals surface area contributed by atoms with E-state index in [1.807, 2.05) is 37.3 Å². The number of ether oxygens (including phenoxy) is 1. The number of hydrogen-bond donors (Lipinski definition) is 1. The van der Waals surface area contributed by atoms with Crippen molar-refractivity contribution in [3.8, 4) is 11.5 Å². The van der Waals surface area contributed by atoms with Crippen LogP contribution in [0.15, 0.2) is 55.0 Å². The minimum absolute atomic E-state index is 0. The van der Waals surface area contributed by atoms with Crippen LogP contribution in [0.4, 0.5) is 11.4 Å². The number of hydrogen-bond acceptors (Lipinski definition) is 4. The third-order valence-electron chi connectivity index (χ3n) is 4.84. The van der Waals surface area contributed by atoms with E-state index in [0.717, 1.165) is 39.4 Å². The van der Waals surface area contributed by atoms with Crippen LogP contribution in [0.3, 0.4) is 0 Å². The van der Waals surface area contributed by atoms with Gasteiger partial charge in [0, 0.05) is 0 Å². The molecule has 1 aliphatic heterocycles. The third-order valence-corrected chi connectivity index (χ3v) is 5.76. The summed E-state index contributed by atoms with van der Waals surface area (Å²) in [6, 6.07) is 13.6. The number of aryl methyl sites for hydroxylation is 1. The minimum Gasteiger partial charge on any atom is -0.147 e. The monoisotopic (exact) mass is 525 g/mol. The maximum Gasteiger partial charge on any atom is -0.147 e. The number of benzene rings is 2. The molecule has 3 aromatic rings. The SMILES string of the molecule is Cc1cc([N+]2(CCN)C=Cc3ncnc([As])c32)ccc1Oc1cccc(Cl)c1.Cl.Cl. The Labute approximate surface area is 202 Å². The van der Waals surface area contributed by atoms with Gasteiger partial charge in [-0.2, -0.15) is 0 Å². The van der Waals surface area contributed by atoms with Gasteiger partial charge in [-0.3, -0.25) is 0 Å². The van der Waals surface area contributed by atoms with Crippen molar-refractivity contribution in [2.24, 2.45) is 5.73 Å². The van der Waals surface area contributed by atoms with E-state index in [4.69, 9.17) is 22.1 Å². The molecule has 1 unspecified atom stereocenters. The smallest absolute Gasteiger partial charge is 0.147 e. The van der Waals surface area contributed by atoms with Crippen molar-refractivity contribution in [1.82, 2.24) is 14.5 Å². The second-order valence-electron chi connectivity index (χ2n) is 6.64. The quantitative estimate of drug-likeness (QED) is 0.394. The molecule has 0 bridgehead atoms. The number of nitrogens with zero attached hydrogens (tertiary/aromatic N) is 3. The molecule has 2 radical (unpaired) electrons. The molecule has 1 aliphatic rings. The molecule has 0 aliphatic carbocycles. The Morgan fingerprint density at radius 1 is 1.13 bits per heavy atom. The molecule has 9 heteroatoms. The number of fused-ring (bicyclic) bond motifs is 1. The summed E-state index contributed by atoms with van der Waals surface area (Å²) in [5.74, 6) is 1.50. The Morgan fingerprint density at radius 3 is 2.63 bits per heavy atom. The second-order valence-corrected chi connectivity index (χ2v) is 7.96. The van der Waals surface area contributed by atoms with Gasteiger partial charge in [-0.15, -0.1) is 24.8 Å². The Kier molecular flexibility index (Phi) is 8.34. The first-order valence-corrected chi connectivity index (χ1v) is 10.2. The number of aromatic nitrogens is 2. The Morgan fingerprint density at radius 2 is 1.93 bits per heavy atom. The predicted molar refractivity (Wildman–Crippen MR) is 129 cm³/mol. The van der Waals surface area contributed by atoms with Gasteiger partial charge < -0.3 is 0 Å². The molecule has 2 heterocycles. The van der Waals surface area contributed by atoms with Crippen molar-refractivity contribution in [1.29, 1.82) is 0 Å². The summed E-state index contributed by atoms with van der Waals surface area (Å²) in [6.45, 7) is 3.29. The molecule has 0 amide bonds. The molecular formula is C21H21AsCl3N4O+. The summed E-state index contributed by atoms with van der Waals surface area (Å²) in [7, 11) is 0. The molecule has 0 saturated carbocycles. The zero-order valence-corrected chi connectivity index (χ0v) is 20.4. The Balaban J connectivity index is 0.00000160. The summed E-state index contributed by atoms with van der Waals surface area (Å²) in [6.07, 6.45) is 5.76. The Hall–Kier alpha value is -1.59. The van der Waals surface area contributed by atoms with Crippen LogP contribution in [0.2, 0.25) is 5.02 Å². The average molecular weight is 527 g/mol. The van der Waals surface area contributed by atoms with Crippen LogP contribution in [0.25, 0.3) is 6.08 Å². The largest absolute Gasteiger partial charge is 0.147 e. The minimum atomic E-state index is 0. The predicted octanol–water partition coefficient (Wildman–Crippen LogP) is 4.45. The molecule has 30 heavy (non-hydrogen) atoms. The van der Waals surface area contributed by atoms with Crippen LogP contribution in [0, 0.1) is 6.92 Å². The molecule has 0 saturated heterocycles. The summed E-state index contributed by atoms with van der Waals surface area (Å²) in [4.78, 5) is 8.81. The topological polar surface area (TPSA) is 61.0 Å². The van der Waals surface area contributed by atoms with Crippen molar-refractivity contribution in [2.45, 2.75) is 6.92 Å².